The van der Waals surface area contributed by atoms with Gasteiger partial charge in [0.15, 0.2) is 5.65 Å². The molecule has 1 saturated heterocycles. The number of carbonyl (C=O) groups excluding carboxylic acids is 1. The molecule has 1 saturated carbocycles. The first kappa shape index (κ1) is 18.3. The van der Waals surface area contributed by atoms with Crippen molar-refractivity contribution < 1.29 is 9.18 Å². The van der Waals surface area contributed by atoms with Crippen LogP contribution in [-0.2, 0) is 0 Å². The lowest BCUT2D eigenvalue weighted by molar-refractivity contribution is 0.0692. The van der Waals surface area contributed by atoms with Gasteiger partial charge in [0.25, 0.3) is 5.91 Å². The molecular weight excluding hydrogens is 367 g/mol. The number of carbonyl (C=O) groups is 1. The van der Waals surface area contributed by atoms with Gasteiger partial charge < -0.3 is 4.90 Å². The Morgan fingerprint density at radius 2 is 1.93 bits per heavy atom. The molecule has 1 aliphatic carbocycles. The quantitative estimate of drug-likeness (QED) is 0.642. The summed E-state index contributed by atoms with van der Waals surface area (Å²) < 4.78 is 16.1. The predicted molar refractivity (Wildman–Crippen MR) is 109 cm³/mol. The highest BCUT2D eigenvalue weighted by atomic mass is 19.1. The first-order valence-corrected chi connectivity index (χ1v) is 10.6. The van der Waals surface area contributed by atoms with Gasteiger partial charge in [-0.15, -0.1) is 0 Å². The molecule has 3 heterocycles. The minimum absolute atomic E-state index is 0.00237. The summed E-state index contributed by atoms with van der Waals surface area (Å²) >= 11 is 0. The van der Waals surface area contributed by atoms with Gasteiger partial charge in [0, 0.05) is 35.8 Å². The van der Waals surface area contributed by atoms with Crippen LogP contribution in [0.15, 0.2) is 36.4 Å². The summed E-state index contributed by atoms with van der Waals surface area (Å²) in [5.41, 5.74) is 3.09. The standard InChI is InChI=1S/C23H25FN4O/c1-15-7-3-2-6-12-27(15)23(29)20-13-21(16-10-11-16)28-22(25-20)14-19(26-28)17-8-4-5-9-18(17)24/h4-5,8-9,13-16H,2-3,6-7,10-12H2,1H3/t15-/m1/s1. The normalized spacial score (nSPS) is 20.1. The van der Waals surface area contributed by atoms with Crippen LogP contribution in [0.5, 0.6) is 0 Å². The molecule has 0 bridgehead atoms. The molecule has 1 aromatic carbocycles. The van der Waals surface area contributed by atoms with E-state index >= 15 is 0 Å². The fraction of sp³-hybridized carbons (Fsp3) is 0.435. The van der Waals surface area contributed by atoms with Crippen LogP contribution in [0.4, 0.5) is 4.39 Å². The smallest absolute Gasteiger partial charge is 0.272 e. The SMILES string of the molecule is C[C@@H]1CCCCCN1C(=O)c1cc(C2CC2)n2nc(-c3ccccc3F)cc2n1. The summed E-state index contributed by atoms with van der Waals surface area (Å²) in [7, 11) is 0. The molecule has 0 radical (unpaired) electrons. The molecule has 2 aromatic heterocycles. The van der Waals surface area contributed by atoms with Crippen LogP contribution in [0.1, 0.15) is 67.5 Å². The van der Waals surface area contributed by atoms with E-state index in [2.05, 4.69) is 17.0 Å². The Balaban J connectivity index is 1.58. The van der Waals surface area contributed by atoms with Crippen LogP contribution in [0, 0.1) is 5.82 Å². The largest absolute Gasteiger partial charge is 0.335 e. The van der Waals surface area contributed by atoms with E-state index in [1.165, 1.54) is 18.9 Å². The summed E-state index contributed by atoms with van der Waals surface area (Å²) in [5.74, 6) is 0.0815. The first-order valence-electron chi connectivity index (χ1n) is 10.6. The van der Waals surface area contributed by atoms with Crippen molar-refractivity contribution in [2.24, 2.45) is 0 Å². The van der Waals surface area contributed by atoms with Gasteiger partial charge in [-0.2, -0.15) is 5.10 Å². The summed E-state index contributed by atoms with van der Waals surface area (Å²) in [6, 6.07) is 10.5. The van der Waals surface area contributed by atoms with E-state index in [9.17, 15) is 9.18 Å². The highest BCUT2D eigenvalue weighted by Gasteiger charge is 2.31. The van der Waals surface area contributed by atoms with Crippen molar-refractivity contribution in [3.63, 3.8) is 0 Å². The zero-order valence-corrected chi connectivity index (χ0v) is 16.6. The van der Waals surface area contributed by atoms with Crippen LogP contribution in [0.25, 0.3) is 16.9 Å². The van der Waals surface area contributed by atoms with Crippen LogP contribution < -0.4 is 0 Å². The molecule has 1 atom stereocenters. The number of halogens is 1. The zero-order chi connectivity index (χ0) is 20.0. The molecule has 1 aliphatic heterocycles. The van der Waals surface area contributed by atoms with Crippen molar-refractivity contribution in [2.75, 3.05) is 6.54 Å². The van der Waals surface area contributed by atoms with Crippen molar-refractivity contribution in [3.8, 4) is 11.3 Å². The number of nitrogens with zero attached hydrogens (tertiary/aromatic N) is 4. The third-order valence-electron chi connectivity index (χ3n) is 6.13. The number of benzene rings is 1. The number of rotatable bonds is 3. The molecule has 5 rings (SSSR count). The maximum absolute atomic E-state index is 14.3. The van der Waals surface area contributed by atoms with E-state index < -0.39 is 0 Å². The third kappa shape index (κ3) is 3.41. The molecule has 2 aliphatic rings. The van der Waals surface area contributed by atoms with Gasteiger partial charge in [-0.25, -0.2) is 13.9 Å². The summed E-state index contributed by atoms with van der Waals surface area (Å²) in [6.45, 7) is 2.91. The molecule has 6 heteroatoms. The average Bonchev–Trinajstić information content (AvgIpc) is 3.51. The van der Waals surface area contributed by atoms with Crippen molar-refractivity contribution in [1.82, 2.24) is 19.5 Å². The van der Waals surface area contributed by atoms with Gasteiger partial charge in [0.1, 0.15) is 11.5 Å². The van der Waals surface area contributed by atoms with Gasteiger partial charge in [-0.05, 0) is 50.8 Å². The maximum atomic E-state index is 14.3. The third-order valence-corrected chi connectivity index (χ3v) is 6.13. The summed E-state index contributed by atoms with van der Waals surface area (Å²) in [4.78, 5) is 19.9. The Morgan fingerprint density at radius 1 is 1.10 bits per heavy atom. The Morgan fingerprint density at radius 3 is 2.72 bits per heavy atom. The fourth-order valence-electron chi connectivity index (χ4n) is 4.30. The molecule has 0 unspecified atom stereocenters. The Hall–Kier alpha value is -2.76. The van der Waals surface area contributed by atoms with Gasteiger partial charge in [0.05, 0.1) is 5.69 Å². The molecule has 29 heavy (non-hydrogen) atoms. The lowest BCUT2D eigenvalue weighted by Crippen LogP contribution is -2.38. The van der Waals surface area contributed by atoms with Gasteiger partial charge >= 0.3 is 0 Å². The molecule has 2 fully saturated rings. The first-order chi connectivity index (χ1) is 14.1. The van der Waals surface area contributed by atoms with Gasteiger partial charge in [0.2, 0.25) is 0 Å². The molecule has 150 valence electrons. The highest BCUT2D eigenvalue weighted by molar-refractivity contribution is 5.93. The van der Waals surface area contributed by atoms with E-state index in [0.29, 0.717) is 28.5 Å². The number of hydrogen-bond acceptors (Lipinski definition) is 3. The molecular formula is C23H25FN4O. The predicted octanol–water partition coefficient (Wildman–Crippen LogP) is 4.82. The lowest BCUT2D eigenvalue weighted by Gasteiger charge is -2.27. The number of aromatic nitrogens is 3. The number of fused-ring (bicyclic) bond motifs is 1. The topological polar surface area (TPSA) is 50.5 Å². The van der Waals surface area contributed by atoms with Crippen LogP contribution in [0.2, 0.25) is 0 Å². The molecule has 5 nitrogen and oxygen atoms in total. The summed E-state index contributed by atoms with van der Waals surface area (Å²) in [5, 5.41) is 4.64. The highest BCUT2D eigenvalue weighted by Crippen LogP contribution is 2.40. The number of likely N-dealkylation sites (tertiary alicyclic amines) is 1. The van der Waals surface area contributed by atoms with Crippen molar-refractivity contribution >= 4 is 11.6 Å². The maximum Gasteiger partial charge on any atom is 0.272 e. The number of amides is 1. The Bertz CT molecular complexity index is 1070. The monoisotopic (exact) mass is 392 g/mol. The molecule has 3 aromatic rings. The minimum Gasteiger partial charge on any atom is -0.335 e. The second-order valence-corrected chi connectivity index (χ2v) is 8.32. The zero-order valence-electron chi connectivity index (χ0n) is 16.6. The van der Waals surface area contributed by atoms with Gasteiger partial charge in [-0.3, -0.25) is 4.79 Å². The van der Waals surface area contributed by atoms with E-state index in [4.69, 9.17) is 0 Å². The Kier molecular flexibility index (Phi) is 4.57. The van der Waals surface area contributed by atoms with Crippen molar-refractivity contribution in [1.29, 1.82) is 0 Å². The number of hydrogen-bond donors (Lipinski definition) is 0. The average molecular weight is 392 g/mol. The van der Waals surface area contributed by atoms with Crippen LogP contribution >= 0.6 is 0 Å². The summed E-state index contributed by atoms with van der Waals surface area (Å²) in [6.07, 6.45) is 6.58. The van der Waals surface area contributed by atoms with E-state index in [1.807, 2.05) is 11.0 Å². The van der Waals surface area contributed by atoms with Crippen molar-refractivity contribution in [3.05, 3.63) is 53.6 Å². The second kappa shape index (κ2) is 7.25. The van der Waals surface area contributed by atoms with Crippen LogP contribution in [0.3, 0.4) is 0 Å². The Labute approximate surface area is 169 Å². The minimum atomic E-state index is -0.307. The van der Waals surface area contributed by atoms with Crippen LogP contribution in [-0.4, -0.2) is 38.0 Å². The molecule has 1 amide bonds. The second-order valence-electron chi connectivity index (χ2n) is 8.32. The fourth-order valence-corrected chi connectivity index (χ4v) is 4.30. The van der Waals surface area contributed by atoms with Gasteiger partial charge in [-0.1, -0.05) is 25.0 Å². The van der Waals surface area contributed by atoms with E-state index in [-0.39, 0.29) is 17.8 Å². The van der Waals surface area contributed by atoms with E-state index in [1.54, 1.807) is 28.8 Å². The molecule has 0 N–H and O–H groups in total. The van der Waals surface area contributed by atoms with E-state index in [0.717, 1.165) is 37.9 Å². The van der Waals surface area contributed by atoms with Crippen molar-refractivity contribution in [2.45, 2.75) is 57.4 Å². The molecule has 0 spiro atoms. The lowest BCUT2D eigenvalue weighted by atomic mass is 10.1.